The van der Waals surface area contributed by atoms with Crippen LogP contribution in [0.3, 0.4) is 0 Å². The molecular weight excluding hydrogens is 1110 g/mol. The summed E-state index contributed by atoms with van der Waals surface area (Å²) in [6.45, 7) is 0.615. The summed E-state index contributed by atoms with van der Waals surface area (Å²) in [5.41, 5.74) is -2.51. The number of benzene rings is 4. The first-order chi connectivity index (χ1) is 42.3. The smallest absolute Gasteiger partial charge is 0.338 e. The number of carbonyl (C=O) groups excluding carboxylic acids is 8. The lowest BCUT2D eigenvalue weighted by molar-refractivity contribution is -0.193. The fourth-order valence-corrected chi connectivity index (χ4v) is 23.2. The van der Waals surface area contributed by atoms with Gasteiger partial charge in [-0.25, -0.2) is 29.1 Å². The maximum absolute atomic E-state index is 15.4. The van der Waals surface area contributed by atoms with Crippen molar-refractivity contribution in [1.29, 1.82) is 0 Å². The molecular formula is C67H62N6O14. The lowest BCUT2D eigenvalue weighted by Crippen LogP contribution is -2.69. The predicted octanol–water partition coefficient (Wildman–Crippen LogP) is 5.43. The van der Waals surface area contributed by atoms with E-state index in [1.54, 1.807) is 0 Å². The Kier molecular flexibility index (Phi) is 10.4. The second-order valence-corrected chi connectivity index (χ2v) is 26.9. The number of imide groups is 2. The van der Waals surface area contributed by atoms with Gasteiger partial charge in [-0.15, -0.1) is 0 Å². The Hall–Kier alpha value is -8.10. The molecule has 2 N–H and O–H groups in total. The Balaban J connectivity index is 0.690. The molecule has 0 spiro atoms. The number of methoxy groups -OCH3 is 4. The van der Waals surface area contributed by atoms with Crippen LogP contribution in [0.5, 0.6) is 0 Å². The van der Waals surface area contributed by atoms with E-state index in [1.807, 2.05) is 97.1 Å². The Morgan fingerprint density at radius 1 is 0.414 bits per heavy atom. The van der Waals surface area contributed by atoms with E-state index in [1.165, 1.54) is 38.2 Å². The van der Waals surface area contributed by atoms with E-state index in [2.05, 4.69) is 10.6 Å². The number of likely N-dealkylation sites (tertiary alicyclic amines) is 2. The van der Waals surface area contributed by atoms with Crippen molar-refractivity contribution in [1.82, 2.24) is 19.8 Å². The minimum absolute atomic E-state index is 0.0648. The van der Waals surface area contributed by atoms with Crippen molar-refractivity contribution in [2.45, 2.75) is 41.7 Å². The Morgan fingerprint density at radius 3 is 0.920 bits per heavy atom. The normalized spacial score (nSPS) is 41.0. The van der Waals surface area contributed by atoms with E-state index < -0.39 is 153 Å². The maximum atomic E-state index is 15.4. The first-order valence-corrected chi connectivity index (χ1v) is 30.8. The summed E-state index contributed by atoms with van der Waals surface area (Å²) >= 11 is 0. The van der Waals surface area contributed by atoms with Gasteiger partial charge in [0.25, 0.3) is 0 Å². The fourth-order valence-electron chi connectivity index (χ4n) is 23.2. The molecule has 10 bridgehead atoms. The number of hydrogen-bond donors (Lipinski definition) is 2. The molecule has 8 heterocycles. The van der Waals surface area contributed by atoms with Gasteiger partial charge in [0.2, 0.25) is 23.6 Å². The third-order valence-electron chi connectivity index (χ3n) is 24.8. The van der Waals surface area contributed by atoms with E-state index >= 15 is 38.4 Å². The number of aromatic nitrogens is 2. The van der Waals surface area contributed by atoms with Crippen LogP contribution < -0.4 is 10.6 Å². The summed E-state index contributed by atoms with van der Waals surface area (Å²) < 4.78 is 38.1. The van der Waals surface area contributed by atoms with Crippen LogP contribution in [-0.4, -0.2) is 144 Å². The molecule has 6 aliphatic carbocycles. The van der Waals surface area contributed by atoms with Gasteiger partial charge >= 0.3 is 23.9 Å². The quantitative estimate of drug-likeness (QED) is 0.0671. The highest BCUT2D eigenvalue weighted by atomic mass is 16.6. The minimum atomic E-state index is -1.84. The van der Waals surface area contributed by atoms with Gasteiger partial charge in [-0.05, 0) is 79.0 Å². The zero-order valence-corrected chi connectivity index (χ0v) is 48.1. The number of amides is 4. The summed E-state index contributed by atoms with van der Waals surface area (Å²) in [6.07, 6.45) is 1.13. The number of ether oxygens (including phenoxy) is 6. The van der Waals surface area contributed by atoms with Gasteiger partial charge in [0.1, 0.15) is 0 Å². The molecule has 2 unspecified atom stereocenters. The standard InChI is InChI=1S/C67H62N6O14/c1-82-60(78)64-46-32-25-33(43-42(32)56(74)72(57(43)75)23-21-68-54-28-13-5-9-17-38(28)70-39-18-10-6-14-29(39)54)47(46)65(86-64,61(79)83-2)51-37-27-36(50(51)64)52-53(37)67(63(81)85-4)49-35-26-34(48(49)66(52,87-67)62(80)84-3)44-45(35)59(77)73(58(44)76)24-22-69-55-30-15-7-11-19-40(30)71-41-20-12-8-16-31(41)55/h5-20,32-37,42-53H,21-27H2,1-4H3,(H,68,70)(H,69,71)/t32-,33+,34+,35-,36?,37?,42-,43+,44+,45-,46-,47+,48+,49-,50+,51-,52-,53+,64-,65+,66+,67-. The summed E-state index contributed by atoms with van der Waals surface area (Å²) in [4.78, 5) is 134. The number of esters is 4. The number of anilines is 2. The molecule has 22 atom stereocenters. The van der Waals surface area contributed by atoms with Crippen molar-refractivity contribution in [3.8, 4) is 0 Å². The number of rotatable bonds is 12. The van der Waals surface area contributed by atoms with Crippen LogP contribution in [0.1, 0.15) is 19.3 Å². The Morgan fingerprint density at radius 2 is 0.655 bits per heavy atom. The molecule has 12 aliphatic rings. The molecule has 6 saturated heterocycles. The zero-order chi connectivity index (χ0) is 59.3. The third kappa shape index (κ3) is 5.73. The number of nitrogens with one attached hydrogen (secondary N) is 2. The lowest BCUT2D eigenvalue weighted by atomic mass is 9.41. The van der Waals surface area contributed by atoms with Crippen LogP contribution in [0, 0.1) is 107 Å². The first kappa shape index (κ1) is 52.1. The second kappa shape index (κ2) is 17.4. The summed E-state index contributed by atoms with van der Waals surface area (Å²) in [5.74, 6) is -17.2. The monoisotopic (exact) mass is 1170 g/mol. The van der Waals surface area contributed by atoms with Gasteiger partial charge in [-0.3, -0.25) is 29.0 Å². The summed E-state index contributed by atoms with van der Waals surface area (Å²) in [5, 5.41) is 10.7. The molecule has 0 radical (unpaired) electrons. The molecule has 4 amide bonds. The molecule has 20 nitrogen and oxygen atoms in total. The highest BCUT2D eigenvalue weighted by Crippen LogP contribution is 2.88. The molecule has 6 aromatic rings. The Labute approximate surface area is 497 Å². The Bertz CT molecular complexity index is 3700. The van der Waals surface area contributed by atoms with Crippen LogP contribution >= 0.6 is 0 Å². The average molecular weight is 1180 g/mol. The van der Waals surface area contributed by atoms with Crippen LogP contribution in [0.25, 0.3) is 43.6 Å². The van der Waals surface area contributed by atoms with Crippen molar-refractivity contribution >= 4 is 102 Å². The van der Waals surface area contributed by atoms with Gasteiger partial charge < -0.3 is 39.1 Å². The lowest BCUT2D eigenvalue weighted by Gasteiger charge is -2.57. The van der Waals surface area contributed by atoms with E-state index in [9.17, 15) is 0 Å². The van der Waals surface area contributed by atoms with Crippen LogP contribution in [0.15, 0.2) is 97.1 Å². The number of hydrogen-bond acceptors (Lipinski definition) is 18. The van der Waals surface area contributed by atoms with Crippen LogP contribution in [0.4, 0.5) is 11.4 Å². The van der Waals surface area contributed by atoms with Crippen LogP contribution in [-0.2, 0) is 66.8 Å². The van der Waals surface area contributed by atoms with Crippen LogP contribution in [0.2, 0.25) is 0 Å². The van der Waals surface area contributed by atoms with Crippen molar-refractivity contribution in [2.24, 2.45) is 107 Å². The number of para-hydroxylation sites is 4. The zero-order valence-electron chi connectivity index (χ0n) is 48.1. The van der Waals surface area contributed by atoms with E-state index in [-0.39, 0.29) is 49.8 Å². The molecule has 6 saturated carbocycles. The van der Waals surface area contributed by atoms with Crippen molar-refractivity contribution < 1.29 is 66.8 Å². The SMILES string of the molecule is COC(=O)[C@@]12O[C@@](C(=O)OC)([C@H]3[C@H]4C[C@H]([C@H]5C(=O)N(CCNc6c7ccccc7nc7ccccc67)C(=O)[C@@H]45)[C@H]31)[C@@H]1C3CC([C@@H]4[C@H]3[C@]3(C(=O)OC)O[C@@]4(C(=O)OC)[C@H]4[C@H]5C[C@H]([C@H]6C(=O)N(CCNc7c8ccccc8nc8ccccc78)C(=O)[C@@H]56)[C@H]43)[C@@H]12. The first-order valence-electron chi connectivity index (χ1n) is 30.8. The summed E-state index contributed by atoms with van der Waals surface area (Å²) in [6, 6.07) is 31.2. The minimum Gasteiger partial charge on any atom is -0.467 e. The number of pyridine rings is 2. The van der Waals surface area contributed by atoms with E-state index in [4.69, 9.17) is 38.4 Å². The molecule has 12 fully saturated rings. The highest BCUT2D eigenvalue weighted by Gasteiger charge is 2.98. The van der Waals surface area contributed by atoms with Crippen molar-refractivity contribution in [3.63, 3.8) is 0 Å². The highest BCUT2D eigenvalue weighted by molar-refractivity contribution is 6.10. The molecule has 4 aromatic carbocycles. The van der Waals surface area contributed by atoms with Crippen molar-refractivity contribution in [2.75, 3.05) is 65.3 Å². The molecule has 2 aromatic heterocycles. The van der Waals surface area contributed by atoms with Crippen molar-refractivity contribution in [3.05, 3.63) is 97.1 Å². The number of carbonyl (C=O) groups is 8. The predicted molar refractivity (Wildman–Crippen MR) is 307 cm³/mol. The number of fused-ring (bicyclic) bond motifs is 40. The maximum Gasteiger partial charge on any atom is 0.338 e. The molecule has 18 rings (SSSR count). The number of nitrogens with zero attached hydrogens (tertiary/aromatic N) is 4. The topological polar surface area (TPSA) is 248 Å². The van der Waals surface area contributed by atoms with E-state index in [0.717, 1.165) is 55.0 Å². The fraction of sp³-hybridized carbons (Fsp3) is 0.493. The van der Waals surface area contributed by atoms with Gasteiger partial charge in [-0.2, -0.15) is 0 Å². The molecule has 6 aliphatic heterocycles. The molecule has 20 heteroatoms. The molecule has 87 heavy (non-hydrogen) atoms. The van der Waals surface area contributed by atoms with Gasteiger partial charge in [0.15, 0.2) is 22.4 Å². The van der Waals surface area contributed by atoms with E-state index in [0.29, 0.717) is 19.3 Å². The summed E-state index contributed by atoms with van der Waals surface area (Å²) in [7, 11) is 5.12. The largest absolute Gasteiger partial charge is 0.467 e. The van der Waals surface area contributed by atoms with Gasteiger partial charge in [0, 0.05) is 95.1 Å². The second-order valence-electron chi connectivity index (χ2n) is 26.9. The van der Waals surface area contributed by atoms with Gasteiger partial charge in [0.05, 0.1) is 85.6 Å². The molecule has 444 valence electrons. The average Bonchev–Trinajstić information content (AvgIpc) is 1.43. The third-order valence-corrected chi connectivity index (χ3v) is 24.8. The van der Waals surface area contributed by atoms with Gasteiger partial charge in [-0.1, -0.05) is 72.8 Å².